The topological polar surface area (TPSA) is 98.8 Å². The highest BCUT2D eigenvalue weighted by Crippen LogP contribution is 2.48. The molecule has 12 heteroatoms. The Balaban J connectivity index is 1.56. The third-order valence-corrected chi connectivity index (χ3v) is 7.51. The number of fused-ring (bicyclic) bond motifs is 1. The van der Waals surface area contributed by atoms with Crippen molar-refractivity contribution in [3.63, 3.8) is 0 Å². The lowest BCUT2D eigenvalue weighted by Gasteiger charge is -2.29. The number of aryl methyl sites for hydroxylation is 1. The zero-order valence-corrected chi connectivity index (χ0v) is 23.0. The average Bonchev–Trinajstić information content (AvgIpc) is 3.56. The van der Waals surface area contributed by atoms with E-state index in [0.717, 1.165) is 18.4 Å². The number of aliphatic imine (C=N–C) groups is 1. The summed E-state index contributed by atoms with van der Waals surface area (Å²) in [7, 11) is 4.72. The molecular formula is C27H29ClFN7O3. The molecular weight excluding hydrogens is 525 g/mol. The molecule has 204 valence electrons. The molecule has 6 rings (SSSR count). The number of hydrogen-bond acceptors (Lipinski definition) is 7. The minimum atomic E-state index is -0.669. The van der Waals surface area contributed by atoms with E-state index in [1.807, 2.05) is 30.5 Å². The number of imidazole rings is 1. The first-order valence-electron chi connectivity index (χ1n) is 12.8. The van der Waals surface area contributed by atoms with Gasteiger partial charge in [-0.1, -0.05) is 23.7 Å². The molecule has 1 N–H and O–H groups in total. The summed E-state index contributed by atoms with van der Waals surface area (Å²) in [6.07, 6.45) is 2.90. The molecule has 0 radical (unpaired) electrons. The Morgan fingerprint density at radius 1 is 1.18 bits per heavy atom. The summed E-state index contributed by atoms with van der Waals surface area (Å²) in [5, 5.41) is 8.09. The van der Waals surface area contributed by atoms with Gasteiger partial charge >= 0.3 is 0 Å². The quantitative estimate of drug-likeness (QED) is 0.481. The van der Waals surface area contributed by atoms with Crippen LogP contribution < -0.4 is 10.2 Å². The molecule has 4 heterocycles. The van der Waals surface area contributed by atoms with Gasteiger partial charge in [-0.2, -0.15) is 10.1 Å². The predicted octanol–water partition coefficient (Wildman–Crippen LogP) is 4.54. The van der Waals surface area contributed by atoms with Crippen molar-refractivity contribution in [2.45, 2.75) is 51.0 Å². The van der Waals surface area contributed by atoms with Gasteiger partial charge in [0.1, 0.15) is 17.6 Å². The van der Waals surface area contributed by atoms with Crippen molar-refractivity contribution in [3.8, 4) is 0 Å². The van der Waals surface area contributed by atoms with Crippen LogP contribution in [0.4, 0.5) is 10.2 Å². The number of anilines is 1. The first kappa shape index (κ1) is 25.6. The molecule has 0 bridgehead atoms. The summed E-state index contributed by atoms with van der Waals surface area (Å²) < 4.78 is 30.2. The summed E-state index contributed by atoms with van der Waals surface area (Å²) in [6.45, 7) is 4.01. The fourth-order valence-electron chi connectivity index (χ4n) is 5.36. The molecule has 2 aliphatic heterocycles. The first-order chi connectivity index (χ1) is 18.7. The smallest absolute Gasteiger partial charge is 0.281 e. The van der Waals surface area contributed by atoms with Gasteiger partial charge in [0.25, 0.3) is 5.91 Å². The zero-order chi connectivity index (χ0) is 27.6. The van der Waals surface area contributed by atoms with Gasteiger partial charge in [0, 0.05) is 37.3 Å². The van der Waals surface area contributed by atoms with Crippen LogP contribution in [0.3, 0.4) is 0 Å². The van der Waals surface area contributed by atoms with Crippen LogP contribution in [-0.4, -0.2) is 51.7 Å². The molecule has 1 amide bonds. The van der Waals surface area contributed by atoms with Crippen LogP contribution in [0.2, 0.25) is 5.02 Å². The molecule has 2 atom stereocenters. The average molecular weight is 554 g/mol. The number of benzene rings is 1. The Hall–Kier alpha value is -3.70. The van der Waals surface area contributed by atoms with E-state index in [9.17, 15) is 4.79 Å². The number of carbonyl (C=O) groups is 1. The Bertz CT molecular complexity index is 1520. The number of aromatic nitrogens is 4. The number of nitrogens with one attached hydrogen (secondary N) is 1. The molecule has 2 aromatic heterocycles. The van der Waals surface area contributed by atoms with Gasteiger partial charge in [-0.25, -0.2) is 14.1 Å². The second kappa shape index (κ2) is 9.49. The highest BCUT2D eigenvalue weighted by molar-refractivity contribution is 6.30. The van der Waals surface area contributed by atoms with Gasteiger partial charge in [-0.3, -0.25) is 9.69 Å². The predicted molar refractivity (Wildman–Crippen MR) is 144 cm³/mol. The Morgan fingerprint density at radius 2 is 1.90 bits per heavy atom. The van der Waals surface area contributed by atoms with Gasteiger partial charge in [-0.15, -0.1) is 0 Å². The molecule has 3 aliphatic rings. The largest absolute Gasteiger partial charge is 0.481 e. The second-order valence-corrected chi connectivity index (χ2v) is 10.6. The molecule has 10 nitrogen and oxygen atoms in total. The van der Waals surface area contributed by atoms with E-state index >= 15 is 4.39 Å². The van der Waals surface area contributed by atoms with Gasteiger partial charge in [0.2, 0.25) is 12.2 Å². The summed E-state index contributed by atoms with van der Waals surface area (Å²) in [5.74, 6) is 0.162. The van der Waals surface area contributed by atoms with Crippen LogP contribution in [0.1, 0.15) is 78.0 Å². The van der Waals surface area contributed by atoms with E-state index in [0.29, 0.717) is 33.7 Å². The standard InChI is InChI=1S/C27H29ClFN7O3/c1-13(2)35-22-20(31-23(35)17-12-30-27(39-5)32-24(17)38-4)26(37)36(21(22)15-8-10-16(28)11-9-15)25-18(29)19(14-6-7-14)33-34(25)3/h8-14,21,27,30H,6-7H2,1-5H3. The number of methoxy groups -OCH3 is 2. The van der Waals surface area contributed by atoms with Gasteiger partial charge in [0.05, 0.1) is 18.4 Å². The first-order valence-corrected chi connectivity index (χ1v) is 13.2. The molecule has 3 aromatic rings. The highest BCUT2D eigenvalue weighted by atomic mass is 35.5. The fraction of sp³-hybridized carbons (Fsp3) is 0.407. The summed E-state index contributed by atoms with van der Waals surface area (Å²) >= 11 is 6.22. The molecule has 39 heavy (non-hydrogen) atoms. The summed E-state index contributed by atoms with van der Waals surface area (Å²) in [5.41, 5.74) is 2.62. The zero-order valence-electron chi connectivity index (χ0n) is 22.3. The van der Waals surface area contributed by atoms with Crippen molar-refractivity contribution in [1.29, 1.82) is 0 Å². The SMILES string of the molecule is COC1=NC(OC)NC=C1c1nc2c(n1C(C)C)C(c1ccc(Cl)cc1)N(c1c(F)c(C3CC3)nn1C)C2=O. The van der Waals surface area contributed by atoms with E-state index in [1.165, 1.54) is 23.8 Å². The van der Waals surface area contributed by atoms with Gasteiger partial charge in [0.15, 0.2) is 17.3 Å². The number of ether oxygens (including phenoxy) is 2. The Kier molecular flexibility index (Phi) is 6.22. The monoisotopic (exact) mass is 553 g/mol. The Labute approximate surface area is 230 Å². The van der Waals surface area contributed by atoms with Crippen LogP contribution in [0.5, 0.6) is 0 Å². The third kappa shape index (κ3) is 4.02. The maximum atomic E-state index is 15.9. The lowest BCUT2D eigenvalue weighted by atomic mass is 10.0. The molecule has 0 spiro atoms. The molecule has 2 unspecified atom stereocenters. The van der Waals surface area contributed by atoms with Crippen molar-refractivity contribution < 1.29 is 18.7 Å². The van der Waals surface area contributed by atoms with Crippen LogP contribution in [0.15, 0.2) is 35.5 Å². The second-order valence-electron chi connectivity index (χ2n) is 10.1. The highest BCUT2D eigenvalue weighted by Gasteiger charge is 2.48. The lowest BCUT2D eigenvalue weighted by Crippen LogP contribution is -2.34. The molecule has 1 aromatic carbocycles. The summed E-state index contributed by atoms with van der Waals surface area (Å²) in [6, 6.07) is 6.44. The number of rotatable bonds is 6. The van der Waals surface area contributed by atoms with Crippen molar-refractivity contribution in [2.75, 3.05) is 19.1 Å². The van der Waals surface area contributed by atoms with Gasteiger partial charge < -0.3 is 19.4 Å². The third-order valence-electron chi connectivity index (χ3n) is 7.26. The maximum Gasteiger partial charge on any atom is 0.281 e. The number of hydrogen-bond donors (Lipinski definition) is 1. The number of nitrogens with zero attached hydrogens (tertiary/aromatic N) is 6. The van der Waals surface area contributed by atoms with E-state index in [-0.39, 0.29) is 23.5 Å². The van der Waals surface area contributed by atoms with Crippen molar-refractivity contribution >= 4 is 34.8 Å². The molecule has 1 aliphatic carbocycles. The molecule has 1 saturated carbocycles. The maximum absolute atomic E-state index is 15.9. The van der Waals surface area contributed by atoms with Crippen molar-refractivity contribution in [3.05, 3.63) is 69.8 Å². The van der Waals surface area contributed by atoms with Crippen LogP contribution >= 0.6 is 11.6 Å². The van der Waals surface area contributed by atoms with E-state index in [2.05, 4.69) is 15.4 Å². The van der Waals surface area contributed by atoms with Crippen molar-refractivity contribution in [2.24, 2.45) is 12.0 Å². The molecule has 1 fully saturated rings. The summed E-state index contributed by atoms with van der Waals surface area (Å²) in [4.78, 5) is 24.9. The van der Waals surface area contributed by atoms with Crippen LogP contribution in [0, 0.1) is 5.82 Å². The number of amides is 1. The Morgan fingerprint density at radius 3 is 2.51 bits per heavy atom. The lowest BCUT2D eigenvalue weighted by molar-refractivity contribution is 0.0902. The normalized spacial score (nSPS) is 20.7. The number of carbonyl (C=O) groups excluding carboxylic acids is 1. The van der Waals surface area contributed by atoms with E-state index in [4.69, 9.17) is 26.1 Å². The van der Waals surface area contributed by atoms with Crippen LogP contribution in [-0.2, 0) is 16.5 Å². The minimum Gasteiger partial charge on any atom is -0.481 e. The molecule has 0 saturated heterocycles. The number of halogens is 2. The van der Waals surface area contributed by atoms with Gasteiger partial charge in [-0.05, 0) is 44.4 Å². The fourth-order valence-corrected chi connectivity index (χ4v) is 5.49. The minimum absolute atomic E-state index is 0.0849. The van der Waals surface area contributed by atoms with E-state index < -0.39 is 24.1 Å². The van der Waals surface area contributed by atoms with Crippen LogP contribution in [0.25, 0.3) is 5.57 Å². The van der Waals surface area contributed by atoms with E-state index in [1.54, 1.807) is 25.4 Å². The van der Waals surface area contributed by atoms with Crippen molar-refractivity contribution in [1.82, 2.24) is 24.6 Å².